The van der Waals surface area contributed by atoms with Gasteiger partial charge in [0.2, 0.25) is 0 Å². The van der Waals surface area contributed by atoms with Crippen LogP contribution in [0, 0.1) is 0 Å². The molecule has 0 aromatic heterocycles. The zero-order valence-electron chi connectivity index (χ0n) is 19.7. The van der Waals surface area contributed by atoms with E-state index in [0.717, 1.165) is 28.1 Å². The summed E-state index contributed by atoms with van der Waals surface area (Å²) in [4.78, 5) is 21.3. The third-order valence-corrected chi connectivity index (χ3v) is 6.54. The third kappa shape index (κ3) is 4.47. The van der Waals surface area contributed by atoms with Crippen molar-refractivity contribution < 1.29 is 9.53 Å². The van der Waals surface area contributed by atoms with E-state index in [-0.39, 0.29) is 12.0 Å². The lowest BCUT2D eigenvalue weighted by Gasteiger charge is -2.36. The number of rotatable bonds is 7. The number of carbonyl (C=O) groups excluding carboxylic acids is 1. The number of amidine groups is 1. The molecular weight excluding hydrogens is 432 g/mol. The molecule has 1 aliphatic rings. The Bertz CT molecular complexity index is 1290. The van der Waals surface area contributed by atoms with Gasteiger partial charge in [0.1, 0.15) is 5.84 Å². The maximum Gasteiger partial charge on any atom is 0.336 e. The first-order valence-electron chi connectivity index (χ1n) is 11.8. The molecule has 0 radical (unpaired) electrons. The lowest BCUT2D eigenvalue weighted by atomic mass is 9.80. The number of carbonyl (C=O) groups is 1. The summed E-state index contributed by atoms with van der Waals surface area (Å²) in [5.74, 6) is 0.462. The fraction of sp³-hybridized carbons (Fsp3) is 0.161. The molecule has 4 aromatic rings. The maximum absolute atomic E-state index is 13.7. The van der Waals surface area contributed by atoms with Gasteiger partial charge >= 0.3 is 5.97 Å². The number of nitrogens with zero attached hydrogens (tertiary/aromatic N) is 2. The molecule has 0 N–H and O–H groups in total. The number of hydrogen-bond acceptors (Lipinski definition) is 4. The van der Waals surface area contributed by atoms with Crippen molar-refractivity contribution in [3.8, 4) is 0 Å². The number of methoxy groups -OCH3 is 1. The van der Waals surface area contributed by atoms with E-state index in [4.69, 9.17) is 9.73 Å². The molecular formula is C31H28N2O2. The zero-order chi connectivity index (χ0) is 24.1. The molecule has 0 fully saturated rings. The second kappa shape index (κ2) is 9.98. The summed E-state index contributed by atoms with van der Waals surface area (Å²) in [5.41, 5.74) is 3.05. The predicted molar refractivity (Wildman–Crippen MR) is 139 cm³/mol. The summed E-state index contributed by atoms with van der Waals surface area (Å²) < 4.78 is 5.47. The minimum atomic E-state index is -1.14. The highest BCUT2D eigenvalue weighted by Gasteiger charge is 2.55. The molecule has 0 saturated heterocycles. The van der Waals surface area contributed by atoms with E-state index in [1.165, 1.54) is 7.11 Å². The molecule has 4 aromatic carbocycles. The monoisotopic (exact) mass is 460 g/mol. The SMILES string of the molecule is COC(=O)[C@]1(Cc2ccccc2)N=C(c2ccccc2)N(Cc2ccccc2)[C@@H]1c1ccccc1. The normalized spacial score (nSPS) is 19.3. The van der Waals surface area contributed by atoms with Gasteiger partial charge in [-0.2, -0.15) is 0 Å². The van der Waals surface area contributed by atoms with E-state index in [9.17, 15) is 4.79 Å². The highest BCUT2D eigenvalue weighted by molar-refractivity contribution is 6.04. The van der Waals surface area contributed by atoms with Crippen molar-refractivity contribution in [2.45, 2.75) is 24.5 Å². The molecule has 5 rings (SSSR count). The Kier molecular flexibility index (Phi) is 6.44. The van der Waals surface area contributed by atoms with E-state index in [0.29, 0.717) is 13.0 Å². The van der Waals surface area contributed by atoms with E-state index in [1.807, 2.05) is 84.9 Å². The fourth-order valence-electron chi connectivity index (χ4n) is 5.00. The topological polar surface area (TPSA) is 41.9 Å². The van der Waals surface area contributed by atoms with Crippen molar-refractivity contribution in [2.75, 3.05) is 7.11 Å². The molecule has 0 unspecified atom stereocenters. The average Bonchev–Trinajstić information content (AvgIpc) is 3.24. The minimum absolute atomic E-state index is 0.334. The lowest BCUT2D eigenvalue weighted by Crippen LogP contribution is -2.47. The molecule has 4 nitrogen and oxygen atoms in total. The fourth-order valence-corrected chi connectivity index (χ4v) is 5.00. The highest BCUT2D eigenvalue weighted by Crippen LogP contribution is 2.45. The first kappa shape index (κ1) is 22.6. The highest BCUT2D eigenvalue weighted by atomic mass is 16.5. The predicted octanol–water partition coefficient (Wildman–Crippen LogP) is 5.84. The van der Waals surface area contributed by atoms with E-state index in [1.54, 1.807) is 0 Å². The van der Waals surface area contributed by atoms with Crippen LogP contribution in [-0.4, -0.2) is 29.4 Å². The minimum Gasteiger partial charge on any atom is -0.467 e. The summed E-state index contributed by atoms with van der Waals surface area (Å²) in [6, 6.07) is 40.3. The van der Waals surface area contributed by atoms with Crippen molar-refractivity contribution in [1.29, 1.82) is 0 Å². The van der Waals surface area contributed by atoms with Crippen molar-refractivity contribution in [3.63, 3.8) is 0 Å². The van der Waals surface area contributed by atoms with E-state index in [2.05, 4.69) is 41.3 Å². The quantitative estimate of drug-likeness (QED) is 0.325. The van der Waals surface area contributed by atoms with Crippen LogP contribution in [0.25, 0.3) is 0 Å². The van der Waals surface area contributed by atoms with Gasteiger partial charge in [0, 0.05) is 18.5 Å². The van der Waals surface area contributed by atoms with Gasteiger partial charge in [0.15, 0.2) is 5.54 Å². The number of esters is 1. The molecule has 35 heavy (non-hydrogen) atoms. The number of benzene rings is 4. The van der Waals surface area contributed by atoms with Crippen LogP contribution in [0.3, 0.4) is 0 Å². The molecule has 1 aliphatic heterocycles. The molecule has 0 aliphatic carbocycles. The molecule has 4 heteroatoms. The Morgan fingerprint density at radius 3 is 1.86 bits per heavy atom. The van der Waals surface area contributed by atoms with Gasteiger partial charge in [-0.05, 0) is 16.7 Å². The van der Waals surface area contributed by atoms with Gasteiger partial charge in [-0.3, -0.25) is 0 Å². The van der Waals surface area contributed by atoms with Gasteiger partial charge in [-0.25, -0.2) is 9.79 Å². The second-order valence-electron chi connectivity index (χ2n) is 8.81. The zero-order valence-corrected chi connectivity index (χ0v) is 19.7. The van der Waals surface area contributed by atoms with Crippen LogP contribution in [0.1, 0.15) is 28.3 Å². The van der Waals surface area contributed by atoms with Crippen LogP contribution in [0.4, 0.5) is 0 Å². The third-order valence-electron chi connectivity index (χ3n) is 6.54. The van der Waals surface area contributed by atoms with Crippen molar-refractivity contribution in [3.05, 3.63) is 144 Å². The average molecular weight is 461 g/mol. The van der Waals surface area contributed by atoms with Crippen molar-refractivity contribution in [2.24, 2.45) is 4.99 Å². The Morgan fingerprint density at radius 1 is 0.771 bits per heavy atom. The maximum atomic E-state index is 13.7. The summed E-state index contributed by atoms with van der Waals surface area (Å²) >= 11 is 0. The van der Waals surface area contributed by atoms with Gasteiger partial charge in [-0.15, -0.1) is 0 Å². The summed E-state index contributed by atoms with van der Waals surface area (Å²) in [6.07, 6.45) is 0.432. The first-order valence-corrected chi connectivity index (χ1v) is 11.8. The van der Waals surface area contributed by atoms with Gasteiger partial charge in [0.05, 0.1) is 13.2 Å². The van der Waals surface area contributed by atoms with E-state index >= 15 is 0 Å². The Morgan fingerprint density at radius 2 is 1.29 bits per heavy atom. The summed E-state index contributed by atoms with van der Waals surface area (Å²) in [5, 5.41) is 0. The first-order chi connectivity index (χ1) is 17.2. The molecule has 0 spiro atoms. The smallest absolute Gasteiger partial charge is 0.336 e. The van der Waals surface area contributed by atoms with E-state index < -0.39 is 5.54 Å². The largest absolute Gasteiger partial charge is 0.467 e. The molecule has 0 saturated carbocycles. The Balaban J connectivity index is 1.73. The lowest BCUT2D eigenvalue weighted by molar-refractivity contribution is -0.148. The van der Waals surface area contributed by atoms with Crippen LogP contribution in [-0.2, 0) is 22.5 Å². The standard InChI is InChI=1S/C31H28N2O2/c1-35-30(34)31(22-24-14-6-2-7-15-24)28(26-18-10-4-11-19-26)33(23-25-16-8-3-9-17-25)29(32-31)27-20-12-5-13-21-27/h2-21,28H,22-23H2,1H3/t28-,31-/m1/s1. The number of hydrogen-bond donors (Lipinski definition) is 0. The van der Waals surface area contributed by atoms with Crippen molar-refractivity contribution >= 4 is 11.8 Å². The van der Waals surface area contributed by atoms with Crippen LogP contribution < -0.4 is 0 Å². The molecule has 2 atom stereocenters. The molecule has 1 heterocycles. The summed E-state index contributed by atoms with van der Waals surface area (Å²) in [7, 11) is 1.45. The van der Waals surface area contributed by atoms with Gasteiger partial charge < -0.3 is 9.64 Å². The number of aliphatic imine (C=N–C) groups is 1. The van der Waals surface area contributed by atoms with Gasteiger partial charge in [0.25, 0.3) is 0 Å². The molecule has 0 amide bonds. The molecule has 174 valence electrons. The van der Waals surface area contributed by atoms with Crippen molar-refractivity contribution in [1.82, 2.24) is 4.90 Å². The van der Waals surface area contributed by atoms with Crippen LogP contribution in [0.5, 0.6) is 0 Å². The molecule has 0 bridgehead atoms. The summed E-state index contributed by atoms with van der Waals surface area (Å²) in [6.45, 7) is 0.613. The number of ether oxygens (including phenoxy) is 1. The van der Waals surface area contributed by atoms with Gasteiger partial charge in [-0.1, -0.05) is 121 Å². The Hall–Kier alpha value is -4.18. The Labute approximate surface area is 206 Å². The second-order valence-corrected chi connectivity index (χ2v) is 8.81. The van der Waals surface area contributed by atoms with Crippen LogP contribution in [0.2, 0.25) is 0 Å². The van der Waals surface area contributed by atoms with Crippen LogP contribution in [0.15, 0.2) is 126 Å². The van der Waals surface area contributed by atoms with Crippen LogP contribution >= 0.6 is 0 Å².